The number of aromatic nitrogens is 3. The Kier molecular flexibility index (Phi) is 3.27. The molecule has 1 aromatic carbocycles. The van der Waals surface area contributed by atoms with Crippen molar-refractivity contribution in [2.75, 3.05) is 0 Å². The molecule has 0 saturated heterocycles. The molecule has 2 rings (SSSR count). The molecular formula is C14H19N3. The Hall–Kier alpha value is -1.64. The summed E-state index contributed by atoms with van der Waals surface area (Å²) in [6, 6.07) is 8.49. The highest BCUT2D eigenvalue weighted by Gasteiger charge is 2.12. The van der Waals surface area contributed by atoms with Crippen LogP contribution in [0.3, 0.4) is 0 Å². The largest absolute Gasteiger partial charge is 0.218 e. The lowest BCUT2D eigenvalue weighted by atomic mass is 10.1. The topological polar surface area (TPSA) is 30.7 Å². The maximum absolute atomic E-state index is 4.25. The minimum Gasteiger partial charge on any atom is -0.218 e. The van der Waals surface area contributed by atoms with Crippen LogP contribution in [0.1, 0.15) is 43.6 Å². The first-order valence-corrected chi connectivity index (χ1v) is 6.15. The minimum atomic E-state index is 0.415. The molecule has 0 atom stereocenters. The minimum absolute atomic E-state index is 0.415. The standard InChI is InChI=1S/C14H19N3/c1-5-12-6-8-13(9-7-12)17-11(4)14(10(2)3)15-16-17/h6-10H,5H2,1-4H3. The first-order valence-electron chi connectivity index (χ1n) is 6.15. The zero-order chi connectivity index (χ0) is 12.4. The van der Waals surface area contributed by atoms with Crippen LogP contribution >= 0.6 is 0 Å². The van der Waals surface area contributed by atoms with Crippen molar-refractivity contribution < 1.29 is 0 Å². The van der Waals surface area contributed by atoms with Gasteiger partial charge in [-0.1, -0.05) is 38.1 Å². The van der Waals surface area contributed by atoms with Crippen molar-refractivity contribution in [2.45, 2.75) is 40.0 Å². The van der Waals surface area contributed by atoms with E-state index in [1.807, 2.05) is 4.68 Å². The summed E-state index contributed by atoms with van der Waals surface area (Å²) in [7, 11) is 0. The predicted octanol–water partition coefficient (Wildman–Crippen LogP) is 3.26. The van der Waals surface area contributed by atoms with Gasteiger partial charge >= 0.3 is 0 Å². The van der Waals surface area contributed by atoms with Crippen LogP contribution in [0.25, 0.3) is 5.69 Å². The number of hydrogen-bond acceptors (Lipinski definition) is 2. The van der Waals surface area contributed by atoms with Crippen molar-refractivity contribution in [1.29, 1.82) is 0 Å². The van der Waals surface area contributed by atoms with Crippen LogP contribution in [-0.2, 0) is 6.42 Å². The van der Waals surface area contributed by atoms with Crippen molar-refractivity contribution >= 4 is 0 Å². The molecular weight excluding hydrogens is 210 g/mol. The number of aryl methyl sites for hydroxylation is 1. The summed E-state index contributed by atoms with van der Waals surface area (Å²) in [6.45, 7) is 8.51. The van der Waals surface area contributed by atoms with E-state index in [0.717, 1.165) is 23.5 Å². The Morgan fingerprint density at radius 3 is 2.29 bits per heavy atom. The normalized spacial score (nSPS) is 11.1. The highest BCUT2D eigenvalue weighted by Crippen LogP contribution is 2.18. The van der Waals surface area contributed by atoms with Gasteiger partial charge in [0.2, 0.25) is 0 Å². The first kappa shape index (κ1) is 11.8. The van der Waals surface area contributed by atoms with Crippen LogP contribution < -0.4 is 0 Å². The Balaban J connectivity index is 2.39. The fraction of sp³-hybridized carbons (Fsp3) is 0.429. The van der Waals surface area contributed by atoms with Gasteiger partial charge in [0.15, 0.2) is 0 Å². The maximum Gasteiger partial charge on any atom is 0.0886 e. The summed E-state index contributed by atoms with van der Waals surface area (Å²) in [5, 5.41) is 8.48. The van der Waals surface area contributed by atoms with Gasteiger partial charge in [-0.25, -0.2) is 4.68 Å². The Morgan fingerprint density at radius 2 is 1.82 bits per heavy atom. The Morgan fingerprint density at radius 1 is 1.18 bits per heavy atom. The van der Waals surface area contributed by atoms with Gasteiger partial charge in [0.1, 0.15) is 0 Å². The molecule has 1 aromatic heterocycles. The van der Waals surface area contributed by atoms with Gasteiger partial charge in [-0.05, 0) is 37.0 Å². The van der Waals surface area contributed by atoms with Crippen molar-refractivity contribution in [3.8, 4) is 5.69 Å². The van der Waals surface area contributed by atoms with Gasteiger partial charge < -0.3 is 0 Å². The molecule has 0 aliphatic heterocycles. The fourth-order valence-electron chi connectivity index (χ4n) is 1.99. The van der Waals surface area contributed by atoms with E-state index in [4.69, 9.17) is 0 Å². The number of nitrogens with zero attached hydrogens (tertiary/aromatic N) is 3. The van der Waals surface area contributed by atoms with Gasteiger partial charge in [0.25, 0.3) is 0 Å². The molecule has 0 saturated carbocycles. The molecule has 0 spiro atoms. The second-order valence-corrected chi connectivity index (χ2v) is 4.65. The highest BCUT2D eigenvalue weighted by molar-refractivity contribution is 5.36. The molecule has 0 aliphatic carbocycles. The van der Waals surface area contributed by atoms with Crippen molar-refractivity contribution in [3.05, 3.63) is 41.2 Å². The lowest BCUT2D eigenvalue weighted by Crippen LogP contribution is -2.00. The first-order chi connectivity index (χ1) is 8.13. The van der Waals surface area contributed by atoms with E-state index in [9.17, 15) is 0 Å². The summed E-state index contributed by atoms with van der Waals surface area (Å²) >= 11 is 0. The molecule has 3 heteroatoms. The SMILES string of the molecule is CCc1ccc(-n2nnc(C(C)C)c2C)cc1. The van der Waals surface area contributed by atoms with E-state index in [1.165, 1.54) is 5.56 Å². The lowest BCUT2D eigenvalue weighted by Gasteiger charge is -2.06. The van der Waals surface area contributed by atoms with E-state index < -0.39 is 0 Å². The van der Waals surface area contributed by atoms with Gasteiger partial charge in [-0.3, -0.25) is 0 Å². The van der Waals surface area contributed by atoms with E-state index in [2.05, 4.69) is 62.3 Å². The van der Waals surface area contributed by atoms with Crippen LogP contribution in [0.15, 0.2) is 24.3 Å². The second-order valence-electron chi connectivity index (χ2n) is 4.65. The van der Waals surface area contributed by atoms with Crippen LogP contribution in [0.2, 0.25) is 0 Å². The molecule has 0 N–H and O–H groups in total. The summed E-state index contributed by atoms with van der Waals surface area (Å²) in [5.74, 6) is 0.415. The molecule has 17 heavy (non-hydrogen) atoms. The molecule has 0 bridgehead atoms. The summed E-state index contributed by atoms with van der Waals surface area (Å²) < 4.78 is 1.91. The Bertz CT molecular complexity index is 495. The average molecular weight is 229 g/mol. The van der Waals surface area contributed by atoms with Crippen molar-refractivity contribution in [1.82, 2.24) is 15.0 Å². The zero-order valence-corrected chi connectivity index (χ0v) is 10.9. The molecule has 0 fully saturated rings. The van der Waals surface area contributed by atoms with Crippen molar-refractivity contribution in [3.63, 3.8) is 0 Å². The van der Waals surface area contributed by atoms with Crippen LogP contribution in [0.4, 0.5) is 0 Å². The molecule has 0 aliphatic rings. The smallest absolute Gasteiger partial charge is 0.0886 e. The molecule has 0 radical (unpaired) electrons. The average Bonchev–Trinajstić information content (AvgIpc) is 2.71. The van der Waals surface area contributed by atoms with E-state index in [-0.39, 0.29) is 0 Å². The van der Waals surface area contributed by atoms with Gasteiger partial charge in [-0.15, -0.1) is 5.10 Å². The highest BCUT2D eigenvalue weighted by atomic mass is 15.4. The molecule has 1 heterocycles. The predicted molar refractivity (Wildman–Crippen MR) is 69.6 cm³/mol. The summed E-state index contributed by atoms with van der Waals surface area (Å²) in [4.78, 5) is 0. The van der Waals surface area contributed by atoms with Gasteiger partial charge in [0, 0.05) is 0 Å². The number of rotatable bonds is 3. The molecule has 0 unspecified atom stereocenters. The summed E-state index contributed by atoms with van der Waals surface area (Å²) in [5.41, 5.74) is 4.63. The van der Waals surface area contributed by atoms with Crippen LogP contribution in [0.5, 0.6) is 0 Å². The van der Waals surface area contributed by atoms with Crippen molar-refractivity contribution in [2.24, 2.45) is 0 Å². The maximum atomic E-state index is 4.25. The third kappa shape index (κ3) is 2.23. The fourth-order valence-corrected chi connectivity index (χ4v) is 1.99. The second kappa shape index (κ2) is 4.70. The monoisotopic (exact) mass is 229 g/mol. The van der Waals surface area contributed by atoms with E-state index in [0.29, 0.717) is 5.92 Å². The van der Waals surface area contributed by atoms with Crippen LogP contribution in [0, 0.1) is 6.92 Å². The van der Waals surface area contributed by atoms with E-state index >= 15 is 0 Å². The zero-order valence-electron chi connectivity index (χ0n) is 10.9. The summed E-state index contributed by atoms with van der Waals surface area (Å²) in [6.07, 6.45) is 1.06. The van der Waals surface area contributed by atoms with Gasteiger partial charge in [0.05, 0.1) is 17.1 Å². The van der Waals surface area contributed by atoms with Gasteiger partial charge in [-0.2, -0.15) is 0 Å². The third-order valence-corrected chi connectivity index (χ3v) is 3.07. The number of hydrogen-bond donors (Lipinski definition) is 0. The molecule has 3 nitrogen and oxygen atoms in total. The quantitative estimate of drug-likeness (QED) is 0.808. The van der Waals surface area contributed by atoms with Crippen LogP contribution in [-0.4, -0.2) is 15.0 Å². The molecule has 2 aromatic rings. The van der Waals surface area contributed by atoms with E-state index in [1.54, 1.807) is 0 Å². The molecule has 90 valence electrons. The lowest BCUT2D eigenvalue weighted by molar-refractivity contribution is 0.772. The number of benzene rings is 1. The Labute approximate surface area is 102 Å². The molecule has 0 amide bonds. The third-order valence-electron chi connectivity index (χ3n) is 3.07.